The summed E-state index contributed by atoms with van der Waals surface area (Å²) in [4.78, 5) is 17.1. The minimum atomic E-state index is -0.474. The molecule has 0 atom stereocenters. The highest BCUT2D eigenvalue weighted by molar-refractivity contribution is 9.10. The zero-order chi connectivity index (χ0) is 16.7. The zero-order valence-electron chi connectivity index (χ0n) is 12.1. The van der Waals surface area contributed by atoms with Crippen LogP contribution in [0.3, 0.4) is 0 Å². The summed E-state index contributed by atoms with van der Waals surface area (Å²) in [6.07, 6.45) is 1.70. The normalized spacial score (nSPS) is 15.8. The molecule has 24 heavy (non-hydrogen) atoms. The van der Waals surface area contributed by atoms with Crippen molar-refractivity contribution in [2.75, 3.05) is 0 Å². The van der Waals surface area contributed by atoms with Crippen molar-refractivity contribution in [1.29, 1.82) is 0 Å². The smallest absolute Gasteiger partial charge is 0.363 e. The lowest BCUT2D eigenvalue weighted by Gasteiger charge is -1.95. The molecule has 1 aliphatic rings. The van der Waals surface area contributed by atoms with Crippen molar-refractivity contribution in [2.24, 2.45) is 4.99 Å². The van der Waals surface area contributed by atoms with Gasteiger partial charge in [0.25, 0.3) is 0 Å². The maximum absolute atomic E-state index is 12.1. The molecule has 6 heteroatoms. The van der Waals surface area contributed by atoms with Crippen molar-refractivity contribution in [3.05, 3.63) is 74.2 Å². The van der Waals surface area contributed by atoms with E-state index in [0.717, 1.165) is 20.1 Å². The number of nitrogens with zero attached hydrogens (tertiary/aromatic N) is 1. The van der Waals surface area contributed by atoms with Gasteiger partial charge in [0.05, 0.1) is 5.02 Å². The van der Waals surface area contributed by atoms with Gasteiger partial charge < -0.3 is 4.74 Å². The molecule has 2 aromatic carbocycles. The van der Waals surface area contributed by atoms with Crippen LogP contribution >= 0.6 is 38.9 Å². The van der Waals surface area contributed by atoms with Gasteiger partial charge in [-0.2, -0.15) is 0 Å². The van der Waals surface area contributed by atoms with Crippen LogP contribution < -0.4 is 0 Å². The molecule has 0 N–H and O–H groups in total. The first-order chi connectivity index (χ1) is 11.6. The van der Waals surface area contributed by atoms with E-state index in [1.807, 2.05) is 48.5 Å². The molecule has 2 heterocycles. The van der Waals surface area contributed by atoms with Crippen LogP contribution in [0.25, 0.3) is 16.2 Å². The summed E-state index contributed by atoms with van der Waals surface area (Å²) in [5.41, 5.74) is 1.13. The Morgan fingerprint density at radius 3 is 2.79 bits per heavy atom. The van der Waals surface area contributed by atoms with Crippen LogP contribution in [0.15, 0.2) is 63.7 Å². The Balaban J connectivity index is 1.76. The highest BCUT2D eigenvalue weighted by Gasteiger charge is 2.27. The molecular formula is C18H9BrClNO2S. The summed E-state index contributed by atoms with van der Waals surface area (Å²) >= 11 is 11.3. The largest absolute Gasteiger partial charge is 0.401 e. The lowest BCUT2D eigenvalue weighted by Crippen LogP contribution is -2.04. The third-order valence-electron chi connectivity index (χ3n) is 3.50. The van der Waals surface area contributed by atoms with Gasteiger partial charge in [-0.1, -0.05) is 57.9 Å². The molecule has 1 aromatic heterocycles. The van der Waals surface area contributed by atoms with Crippen molar-refractivity contribution in [3.8, 4) is 0 Å². The average Bonchev–Trinajstić information content (AvgIpc) is 3.09. The number of thiophene rings is 1. The van der Waals surface area contributed by atoms with Crippen LogP contribution in [0, 0.1) is 0 Å². The maximum Gasteiger partial charge on any atom is 0.363 e. The van der Waals surface area contributed by atoms with Crippen LogP contribution in [0.2, 0.25) is 5.02 Å². The fourth-order valence-electron chi connectivity index (χ4n) is 2.41. The Morgan fingerprint density at radius 2 is 2.00 bits per heavy atom. The Bertz CT molecular complexity index is 1040. The molecule has 0 spiro atoms. The third-order valence-corrected chi connectivity index (χ3v) is 5.66. The first-order valence-electron chi connectivity index (χ1n) is 7.07. The minimum Gasteiger partial charge on any atom is -0.401 e. The van der Waals surface area contributed by atoms with E-state index in [0.29, 0.717) is 9.90 Å². The molecule has 1 aliphatic heterocycles. The number of ether oxygens (including phenoxy) is 1. The molecule has 0 unspecified atom stereocenters. The predicted octanol–water partition coefficient (Wildman–Crippen LogP) is 5.66. The summed E-state index contributed by atoms with van der Waals surface area (Å²) in [6, 6.07) is 15.4. The summed E-state index contributed by atoms with van der Waals surface area (Å²) in [5.74, 6) is -0.217. The molecule has 0 fully saturated rings. The molecule has 0 amide bonds. The average molecular weight is 419 g/mol. The number of aliphatic imine (C=N–C) groups is 1. The molecule has 0 bridgehead atoms. The molecule has 3 nitrogen and oxygen atoms in total. The number of esters is 1. The number of benzene rings is 2. The number of carbonyl (C=O) groups is 1. The summed E-state index contributed by atoms with van der Waals surface area (Å²) < 4.78 is 7.29. The van der Waals surface area contributed by atoms with E-state index < -0.39 is 5.97 Å². The Hall–Kier alpha value is -1.95. The van der Waals surface area contributed by atoms with Crippen molar-refractivity contribution < 1.29 is 9.53 Å². The van der Waals surface area contributed by atoms with Gasteiger partial charge in [-0.15, -0.1) is 11.3 Å². The van der Waals surface area contributed by atoms with Crippen molar-refractivity contribution >= 4 is 66.9 Å². The fraction of sp³-hybridized carbons (Fsp3) is 0. The van der Waals surface area contributed by atoms with E-state index in [-0.39, 0.29) is 11.6 Å². The van der Waals surface area contributed by atoms with E-state index >= 15 is 0 Å². The highest BCUT2D eigenvalue weighted by Crippen LogP contribution is 2.37. The van der Waals surface area contributed by atoms with Gasteiger partial charge in [0, 0.05) is 14.6 Å². The number of hydrogen-bond acceptors (Lipinski definition) is 4. The SMILES string of the molecule is O=C1OC(c2sc3ccccc3c2Cl)=N/C1=C/c1cccc(Br)c1. The van der Waals surface area contributed by atoms with Gasteiger partial charge in [0.1, 0.15) is 4.88 Å². The van der Waals surface area contributed by atoms with Crippen molar-refractivity contribution in [3.63, 3.8) is 0 Å². The third kappa shape index (κ3) is 2.79. The van der Waals surface area contributed by atoms with Crippen molar-refractivity contribution in [1.82, 2.24) is 0 Å². The quantitative estimate of drug-likeness (QED) is 0.398. The van der Waals surface area contributed by atoms with E-state index in [1.54, 1.807) is 6.08 Å². The molecule has 4 rings (SSSR count). The Labute approximate surface area is 155 Å². The van der Waals surface area contributed by atoms with Gasteiger partial charge in [-0.05, 0) is 29.8 Å². The number of carbonyl (C=O) groups excluding carboxylic acids is 1. The Morgan fingerprint density at radius 1 is 1.17 bits per heavy atom. The molecule has 0 saturated heterocycles. The highest BCUT2D eigenvalue weighted by atomic mass is 79.9. The standard InChI is InChI=1S/C18H9BrClNO2S/c19-11-5-3-4-10(8-11)9-13-18(22)23-17(21-13)16-15(20)12-6-1-2-7-14(12)24-16/h1-9H/b13-9+. The maximum atomic E-state index is 12.1. The number of rotatable bonds is 2. The van der Waals surface area contributed by atoms with Crippen LogP contribution in [0.4, 0.5) is 0 Å². The Kier molecular flexibility index (Phi) is 4.00. The van der Waals surface area contributed by atoms with Gasteiger partial charge >= 0.3 is 5.97 Å². The summed E-state index contributed by atoms with van der Waals surface area (Å²) in [7, 11) is 0. The topological polar surface area (TPSA) is 38.7 Å². The number of hydrogen-bond donors (Lipinski definition) is 0. The fourth-order valence-corrected chi connectivity index (χ4v) is 4.27. The minimum absolute atomic E-state index is 0.257. The number of halogens is 2. The zero-order valence-corrected chi connectivity index (χ0v) is 15.3. The number of fused-ring (bicyclic) bond motifs is 1. The van der Waals surface area contributed by atoms with Crippen LogP contribution in [-0.4, -0.2) is 11.9 Å². The van der Waals surface area contributed by atoms with Crippen LogP contribution in [0.5, 0.6) is 0 Å². The molecule has 0 radical (unpaired) electrons. The first kappa shape index (κ1) is 15.6. The van der Waals surface area contributed by atoms with E-state index in [9.17, 15) is 4.79 Å². The lowest BCUT2D eigenvalue weighted by atomic mass is 10.2. The van der Waals surface area contributed by atoms with E-state index in [1.165, 1.54) is 11.3 Å². The van der Waals surface area contributed by atoms with E-state index in [4.69, 9.17) is 16.3 Å². The predicted molar refractivity (Wildman–Crippen MR) is 102 cm³/mol. The van der Waals surface area contributed by atoms with Gasteiger partial charge in [0.15, 0.2) is 5.70 Å². The molecule has 3 aromatic rings. The summed E-state index contributed by atoms with van der Waals surface area (Å²) in [6.45, 7) is 0. The van der Waals surface area contributed by atoms with E-state index in [2.05, 4.69) is 20.9 Å². The molecule has 118 valence electrons. The van der Waals surface area contributed by atoms with Gasteiger partial charge in [-0.25, -0.2) is 9.79 Å². The van der Waals surface area contributed by atoms with Gasteiger partial charge in [0.2, 0.25) is 5.90 Å². The molecular weight excluding hydrogens is 410 g/mol. The second-order valence-corrected chi connectivity index (χ2v) is 7.48. The number of cyclic esters (lactones) is 1. The second-order valence-electron chi connectivity index (χ2n) is 5.13. The summed E-state index contributed by atoms with van der Waals surface area (Å²) in [5, 5.41) is 1.49. The van der Waals surface area contributed by atoms with Crippen molar-refractivity contribution in [2.45, 2.75) is 0 Å². The second kappa shape index (κ2) is 6.16. The van der Waals surface area contributed by atoms with Crippen LogP contribution in [0.1, 0.15) is 10.4 Å². The van der Waals surface area contributed by atoms with Gasteiger partial charge in [-0.3, -0.25) is 0 Å². The monoisotopic (exact) mass is 417 g/mol. The lowest BCUT2D eigenvalue weighted by molar-refractivity contribution is -0.129. The van der Waals surface area contributed by atoms with Crippen LogP contribution in [-0.2, 0) is 9.53 Å². The first-order valence-corrected chi connectivity index (χ1v) is 9.06. The molecule has 0 saturated carbocycles. The molecule has 0 aliphatic carbocycles.